The summed E-state index contributed by atoms with van der Waals surface area (Å²) >= 11 is 1.46. The summed E-state index contributed by atoms with van der Waals surface area (Å²) in [5, 5.41) is 9.17. The Hall–Kier alpha value is -1.32. The lowest BCUT2D eigenvalue weighted by Crippen LogP contribution is -1.92. The normalized spacial score (nSPS) is 10.5. The monoisotopic (exact) mass is 248 g/mol. The van der Waals surface area contributed by atoms with Gasteiger partial charge in [-0.15, -0.1) is 0 Å². The SMILES string of the molecule is Cc1ccc(Sc2cccc(F)c2CO)cc1. The first-order chi connectivity index (χ1) is 8.20. The third-order valence-electron chi connectivity index (χ3n) is 2.48. The molecule has 2 aromatic carbocycles. The van der Waals surface area contributed by atoms with Crippen molar-refractivity contribution in [2.75, 3.05) is 0 Å². The zero-order valence-corrected chi connectivity index (χ0v) is 10.3. The van der Waals surface area contributed by atoms with Crippen LogP contribution in [0.5, 0.6) is 0 Å². The molecule has 0 heterocycles. The highest BCUT2D eigenvalue weighted by Gasteiger charge is 2.08. The number of hydrogen-bond donors (Lipinski definition) is 1. The summed E-state index contributed by atoms with van der Waals surface area (Å²) in [6.07, 6.45) is 0. The first kappa shape index (κ1) is 12.1. The minimum Gasteiger partial charge on any atom is -0.392 e. The summed E-state index contributed by atoms with van der Waals surface area (Å²) < 4.78 is 13.4. The molecule has 0 saturated carbocycles. The summed E-state index contributed by atoms with van der Waals surface area (Å²) in [7, 11) is 0. The van der Waals surface area contributed by atoms with Crippen molar-refractivity contribution in [1.29, 1.82) is 0 Å². The molecular formula is C14H13FOS. The maximum atomic E-state index is 13.4. The van der Waals surface area contributed by atoms with Gasteiger partial charge < -0.3 is 5.11 Å². The van der Waals surface area contributed by atoms with Crippen LogP contribution in [0, 0.1) is 12.7 Å². The molecule has 0 amide bonds. The number of hydrogen-bond acceptors (Lipinski definition) is 2. The second-order valence-corrected chi connectivity index (χ2v) is 4.91. The third-order valence-corrected chi connectivity index (χ3v) is 3.59. The predicted molar refractivity (Wildman–Crippen MR) is 67.6 cm³/mol. The molecule has 0 bridgehead atoms. The van der Waals surface area contributed by atoms with Gasteiger partial charge in [0, 0.05) is 15.4 Å². The number of halogens is 1. The fraction of sp³-hybridized carbons (Fsp3) is 0.143. The maximum absolute atomic E-state index is 13.4. The van der Waals surface area contributed by atoms with E-state index in [1.807, 2.05) is 37.3 Å². The summed E-state index contributed by atoms with van der Waals surface area (Å²) in [6.45, 7) is 1.75. The van der Waals surface area contributed by atoms with E-state index in [1.165, 1.54) is 23.4 Å². The van der Waals surface area contributed by atoms with Gasteiger partial charge in [-0.2, -0.15) is 0 Å². The molecule has 3 heteroatoms. The number of benzene rings is 2. The van der Waals surface area contributed by atoms with Crippen LogP contribution in [0.2, 0.25) is 0 Å². The molecule has 0 radical (unpaired) electrons. The van der Waals surface area contributed by atoms with E-state index in [4.69, 9.17) is 5.11 Å². The molecule has 88 valence electrons. The van der Waals surface area contributed by atoms with E-state index in [0.29, 0.717) is 5.56 Å². The molecule has 1 nitrogen and oxygen atoms in total. The van der Waals surface area contributed by atoms with Crippen LogP contribution in [0.1, 0.15) is 11.1 Å². The Morgan fingerprint density at radius 1 is 1.12 bits per heavy atom. The third kappa shape index (κ3) is 2.87. The lowest BCUT2D eigenvalue weighted by molar-refractivity contribution is 0.272. The highest BCUT2D eigenvalue weighted by atomic mass is 32.2. The first-order valence-electron chi connectivity index (χ1n) is 5.33. The van der Waals surface area contributed by atoms with Crippen LogP contribution in [0.3, 0.4) is 0 Å². The van der Waals surface area contributed by atoms with Crippen molar-refractivity contribution < 1.29 is 9.50 Å². The summed E-state index contributed by atoms with van der Waals surface area (Å²) in [5.74, 6) is -0.357. The van der Waals surface area contributed by atoms with Gasteiger partial charge >= 0.3 is 0 Å². The van der Waals surface area contributed by atoms with Crippen LogP contribution in [-0.4, -0.2) is 5.11 Å². The van der Waals surface area contributed by atoms with Crippen LogP contribution >= 0.6 is 11.8 Å². The molecule has 1 N–H and O–H groups in total. The zero-order chi connectivity index (χ0) is 12.3. The van der Waals surface area contributed by atoms with Gasteiger partial charge in [-0.25, -0.2) is 4.39 Å². The topological polar surface area (TPSA) is 20.2 Å². The van der Waals surface area contributed by atoms with E-state index < -0.39 is 0 Å². The van der Waals surface area contributed by atoms with E-state index in [0.717, 1.165) is 9.79 Å². The Bertz CT molecular complexity index is 508. The van der Waals surface area contributed by atoms with Gasteiger partial charge in [0.25, 0.3) is 0 Å². The second kappa shape index (κ2) is 5.34. The Morgan fingerprint density at radius 3 is 2.47 bits per heavy atom. The van der Waals surface area contributed by atoms with Crippen LogP contribution < -0.4 is 0 Å². The fourth-order valence-electron chi connectivity index (χ4n) is 1.52. The number of aliphatic hydroxyl groups excluding tert-OH is 1. The molecule has 2 rings (SSSR count). The van der Waals surface area contributed by atoms with E-state index in [-0.39, 0.29) is 12.4 Å². The molecule has 0 aliphatic heterocycles. The smallest absolute Gasteiger partial charge is 0.129 e. The highest BCUT2D eigenvalue weighted by Crippen LogP contribution is 2.31. The molecule has 0 atom stereocenters. The van der Waals surface area contributed by atoms with Crippen molar-refractivity contribution in [3.8, 4) is 0 Å². The van der Waals surface area contributed by atoms with Crippen LogP contribution in [0.4, 0.5) is 4.39 Å². The molecule has 0 unspecified atom stereocenters. The van der Waals surface area contributed by atoms with Crippen molar-refractivity contribution in [3.05, 3.63) is 59.4 Å². The maximum Gasteiger partial charge on any atom is 0.129 e. The zero-order valence-electron chi connectivity index (χ0n) is 9.48. The molecule has 0 fully saturated rings. The summed E-state index contributed by atoms with van der Waals surface area (Å²) in [4.78, 5) is 1.80. The molecule has 0 aromatic heterocycles. The standard InChI is InChI=1S/C14H13FOS/c1-10-5-7-11(8-6-10)17-14-4-2-3-13(15)12(14)9-16/h2-8,16H,9H2,1H3. The predicted octanol–water partition coefficient (Wildman–Crippen LogP) is 3.78. The van der Waals surface area contributed by atoms with Gasteiger partial charge in [-0.1, -0.05) is 35.5 Å². The first-order valence-corrected chi connectivity index (χ1v) is 6.15. The fourth-order valence-corrected chi connectivity index (χ4v) is 2.48. The van der Waals surface area contributed by atoms with Crippen molar-refractivity contribution in [2.45, 2.75) is 23.3 Å². The lowest BCUT2D eigenvalue weighted by atomic mass is 10.2. The van der Waals surface area contributed by atoms with E-state index in [9.17, 15) is 4.39 Å². The van der Waals surface area contributed by atoms with Gasteiger partial charge in [-0.3, -0.25) is 0 Å². The van der Waals surface area contributed by atoms with Crippen molar-refractivity contribution in [2.24, 2.45) is 0 Å². The molecule has 17 heavy (non-hydrogen) atoms. The van der Waals surface area contributed by atoms with Gasteiger partial charge in [-0.05, 0) is 31.2 Å². The highest BCUT2D eigenvalue weighted by molar-refractivity contribution is 7.99. The minimum absolute atomic E-state index is 0.277. The van der Waals surface area contributed by atoms with E-state index >= 15 is 0 Å². The average molecular weight is 248 g/mol. The summed E-state index contributed by atoms with van der Waals surface area (Å²) in [6, 6.07) is 12.9. The Labute approximate surface area is 104 Å². The Balaban J connectivity index is 2.29. The number of aliphatic hydroxyl groups is 1. The Kier molecular flexibility index (Phi) is 3.82. The quantitative estimate of drug-likeness (QED) is 0.892. The van der Waals surface area contributed by atoms with Crippen LogP contribution in [0.15, 0.2) is 52.3 Å². The minimum atomic E-state index is -0.357. The second-order valence-electron chi connectivity index (χ2n) is 3.79. The number of aryl methyl sites for hydroxylation is 1. The van der Waals surface area contributed by atoms with Crippen molar-refractivity contribution in [3.63, 3.8) is 0 Å². The van der Waals surface area contributed by atoms with E-state index in [1.54, 1.807) is 6.07 Å². The number of rotatable bonds is 3. The van der Waals surface area contributed by atoms with Crippen LogP contribution in [0.25, 0.3) is 0 Å². The van der Waals surface area contributed by atoms with E-state index in [2.05, 4.69) is 0 Å². The van der Waals surface area contributed by atoms with Gasteiger partial charge in [0.1, 0.15) is 5.82 Å². The molecule has 0 aliphatic rings. The molecule has 2 aromatic rings. The molecular weight excluding hydrogens is 235 g/mol. The average Bonchev–Trinajstić information content (AvgIpc) is 2.32. The molecule has 0 spiro atoms. The lowest BCUT2D eigenvalue weighted by Gasteiger charge is -2.08. The van der Waals surface area contributed by atoms with Crippen molar-refractivity contribution in [1.82, 2.24) is 0 Å². The van der Waals surface area contributed by atoms with Gasteiger partial charge in [0.15, 0.2) is 0 Å². The summed E-state index contributed by atoms with van der Waals surface area (Å²) in [5.41, 5.74) is 1.55. The van der Waals surface area contributed by atoms with Gasteiger partial charge in [0.05, 0.1) is 6.61 Å². The Morgan fingerprint density at radius 2 is 1.82 bits per heavy atom. The molecule has 0 saturated heterocycles. The van der Waals surface area contributed by atoms with Crippen LogP contribution in [-0.2, 0) is 6.61 Å². The van der Waals surface area contributed by atoms with Crippen molar-refractivity contribution >= 4 is 11.8 Å². The largest absolute Gasteiger partial charge is 0.392 e. The van der Waals surface area contributed by atoms with Gasteiger partial charge in [0.2, 0.25) is 0 Å². The molecule has 0 aliphatic carbocycles.